The summed E-state index contributed by atoms with van der Waals surface area (Å²) >= 11 is 0. The molecular weight excluding hydrogens is 429 g/mol. The molecule has 0 aliphatic carbocycles. The maximum Gasteiger partial charge on any atom is 0.242 e. The first-order valence-corrected chi connectivity index (χ1v) is 11.4. The number of aliphatic imine (C=N–C) groups is 1. The minimum Gasteiger partial charge on any atom is -0.353 e. The van der Waals surface area contributed by atoms with Crippen LogP contribution in [0, 0.1) is 5.82 Å². The highest BCUT2D eigenvalue weighted by atomic mass is 19.1. The Morgan fingerprint density at radius 3 is 2.29 bits per heavy atom. The predicted octanol–water partition coefficient (Wildman–Crippen LogP) is 3.67. The van der Waals surface area contributed by atoms with Crippen molar-refractivity contribution in [1.29, 1.82) is 0 Å². The molecule has 172 valence electrons. The van der Waals surface area contributed by atoms with Crippen LogP contribution in [0.4, 0.5) is 10.2 Å². The van der Waals surface area contributed by atoms with Gasteiger partial charge in [-0.3, -0.25) is 9.79 Å². The smallest absolute Gasteiger partial charge is 0.242 e. The van der Waals surface area contributed by atoms with Crippen molar-refractivity contribution in [3.8, 4) is 0 Å². The van der Waals surface area contributed by atoms with Gasteiger partial charge in [0.2, 0.25) is 5.91 Å². The molecule has 7 heteroatoms. The second-order valence-corrected chi connectivity index (χ2v) is 8.34. The number of piperazine rings is 1. The summed E-state index contributed by atoms with van der Waals surface area (Å²) in [6, 6.07) is 22.2. The number of anilines is 1. The zero-order chi connectivity index (χ0) is 23.3. The summed E-state index contributed by atoms with van der Waals surface area (Å²) in [5, 5.41) is 0. The molecule has 1 fully saturated rings. The Morgan fingerprint density at radius 2 is 1.59 bits per heavy atom. The Labute approximate surface area is 198 Å². The molecule has 1 amide bonds. The third-order valence-electron chi connectivity index (χ3n) is 6.17. The number of amides is 1. The van der Waals surface area contributed by atoms with Crippen LogP contribution in [0.15, 0.2) is 90.1 Å². The summed E-state index contributed by atoms with van der Waals surface area (Å²) < 4.78 is 13.4. The van der Waals surface area contributed by atoms with E-state index in [0.717, 1.165) is 41.4 Å². The monoisotopic (exact) mass is 455 g/mol. The lowest BCUT2D eigenvalue weighted by molar-refractivity contribution is -0.132. The van der Waals surface area contributed by atoms with Crippen LogP contribution >= 0.6 is 0 Å². The molecule has 0 unspecified atom stereocenters. The zero-order valence-electron chi connectivity index (χ0n) is 18.8. The molecule has 34 heavy (non-hydrogen) atoms. The Kier molecular flexibility index (Phi) is 6.33. The van der Waals surface area contributed by atoms with Crippen LogP contribution in [-0.2, 0) is 4.79 Å². The van der Waals surface area contributed by atoms with E-state index in [1.165, 1.54) is 12.1 Å². The van der Waals surface area contributed by atoms with E-state index in [0.29, 0.717) is 19.8 Å². The minimum absolute atomic E-state index is 0.0861. The van der Waals surface area contributed by atoms with E-state index < -0.39 is 0 Å². The lowest BCUT2D eigenvalue weighted by Crippen LogP contribution is -2.51. The lowest BCUT2D eigenvalue weighted by Gasteiger charge is -2.37. The number of rotatable bonds is 5. The average Bonchev–Trinajstić information content (AvgIpc) is 2.90. The third kappa shape index (κ3) is 4.83. The molecule has 5 rings (SSSR count). The van der Waals surface area contributed by atoms with E-state index in [2.05, 4.69) is 9.88 Å². The molecular formula is C27H26FN5O. The molecule has 0 radical (unpaired) electrons. The Morgan fingerprint density at radius 1 is 0.853 bits per heavy atom. The number of aromatic nitrogens is 1. The van der Waals surface area contributed by atoms with Crippen molar-refractivity contribution in [3.63, 3.8) is 0 Å². The molecule has 0 saturated carbocycles. The van der Waals surface area contributed by atoms with Crippen molar-refractivity contribution in [1.82, 2.24) is 14.8 Å². The second-order valence-electron chi connectivity index (χ2n) is 8.34. The van der Waals surface area contributed by atoms with Crippen molar-refractivity contribution in [2.45, 2.75) is 0 Å². The number of halogens is 1. The van der Waals surface area contributed by atoms with Crippen LogP contribution < -0.4 is 4.90 Å². The molecule has 3 heterocycles. The van der Waals surface area contributed by atoms with Gasteiger partial charge in [-0.25, -0.2) is 9.37 Å². The second kappa shape index (κ2) is 9.87. The zero-order valence-corrected chi connectivity index (χ0v) is 18.8. The van der Waals surface area contributed by atoms with Gasteiger partial charge in [0.05, 0.1) is 12.3 Å². The van der Waals surface area contributed by atoms with Gasteiger partial charge in [-0.2, -0.15) is 0 Å². The highest BCUT2D eigenvalue weighted by molar-refractivity contribution is 6.12. The topological polar surface area (TPSA) is 52.0 Å². The van der Waals surface area contributed by atoms with E-state index in [-0.39, 0.29) is 18.3 Å². The predicted molar refractivity (Wildman–Crippen MR) is 132 cm³/mol. The van der Waals surface area contributed by atoms with Gasteiger partial charge < -0.3 is 14.7 Å². The molecule has 0 bridgehead atoms. The lowest BCUT2D eigenvalue weighted by atomic mass is 10.0. The normalized spacial score (nSPS) is 16.2. The van der Waals surface area contributed by atoms with Gasteiger partial charge in [0.25, 0.3) is 0 Å². The molecule has 2 aliphatic heterocycles. The molecule has 1 aromatic heterocycles. The molecule has 1 saturated heterocycles. The van der Waals surface area contributed by atoms with Crippen LogP contribution in [0.3, 0.4) is 0 Å². The summed E-state index contributed by atoms with van der Waals surface area (Å²) in [7, 11) is 0. The van der Waals surface area contributed by atoms with Gasteiger partial charge in [0, 0.05) is 43.6 Å². The summed E-state index contributed by atoms with van der Waals surface area (Å²) in [5.41, 5.74) is 3.60. The first-order chi connectivity index (χ1) is 16.7. The van der Waals surface area contributed by atoms with E-state index >= 15 is 0 Å². The van der Waals surface area contributed by atoms with Gasteiger partial charge in [-0.05, 0) is 48.0 Å². The van der Waals surface area contributed by atoms with E-state index in [4.69, 9.17) is 4.99 Å². The molecule has 0 spiro atoms. The Bertz CT molecular complexity index is 1190. The quantitative estimate of drug-likeness (QED) is 0.589. The van der Waals surface area contributed by atoms with Crippen LogP contribution in [0.2, 0.25) is 0 Å². The van der Waals surface area contributed by atoms with Crippen LogP contribution in [0.5, 0.6) is 0 Å². The number of allylic oxidation sites excluding steroid dienone is 1. The third-order valence-corrected chi connectivity index (χ3v) is 6.17. The number of carbonyl (C=O) groups is 1. The number of nitrogens with zero attached hydrogens (tertiary/aromatic N) is 5. The Hall–Kier alpha value is -4.00. The molecule has 2 aliphatic rings. The Balaban J connectivity index is 1.29. The van der Waals surface area contributed by atoms with Gasteiger partial charge >= 0.3 is 0 Å². The van der Waals surface area contributed by atoms with Gasteiger partial charge in [0.1, 0.15) is 18.3 Å². The minimum atomic E-state index is -0.275. The summed E-state index contributed by atoms with van der Waals surface area (Å²) in [6.07, 6.45) is 3.78. The number of benzene rings is 2. The number of hydrogen-bond donors (Lipinski definition) is 0. The fourth-order valence-corrected chi connectivity index (χ4v) is 4.30. The number of pyridine rings is 1. The largest absolute Gasteiger partial charge is 0.353 e. The first kappa shape index (κ1) is 21.8. The van der Waals surface area contributed by atoms with Crippen molar-refractivity contribution in [2.75, 3.05) is 44.3 Å². The van der Waals surface area contributed by atoms with E-state index in [9.17, 15) is 9.18 Å². The maximum absolute atomic E-state index is 13.4. The highest BCUT2D eigenvalue weighted by Crippen LogP contribution is 2.24. The summed E-state index contributed by atoms with van der Waals surface area (Å²) in [5.74, 6) is 0.758. The fourth-order valence-electron chi connectivity index (χ4n) is 4.30. The van der Waals surface area contributed by atoms with E-state index in [1.807, 2.05) is 64.4 Å². The number of hydrogen-bond acceptors (Lipinski definition) is 5. The number of carbonyl (C=O) groups excluding carboxylic acids is 1. The molecule has 0 atom stereocenters. The van der Waals surface area contributed by atoms with Crippen LogP contribution in [-0.4, -0.2) is 65.8 Å². The summed E-state index contributed by atoms with van der Waals surface area (Å²) in [4.78, 5) is 28.5. The van der Waals surface area contributed by atoms with Gasteiger partial charge in [-0.15, -0.1) is 0 Å². The molecule has 2 aromatic carbocycles. The van der Waals surface area contributed by atoms with Crippen molar-refractivity contribution >= 4 is 23.1 Å². The molecule has 0 N–H and O–H groups in total. The molecule has 3 aromatic rings. The van der Waals surface area contributed by atoms with Crippen LogP contribution in [0.1, 0.15) is 11.1 Å². The first-order valence-electron chi connectivity index (χ1n) is 11.4. The van der Waals surface area contributed by atoms with E-state index in [1.54, 1.807) is 18.3 Å². The van der Waals surface area contributed by atoms with Crippen molar-refractivity contribution in [3.05, 3.63) is 102 Å². The average molecular weight is 456 g/mol. The highest BCUT2D eigenvalue weighted by Gasteiger charge is 2.26. The van der Waals surface area contributed by atoms with Crippen molar-refractivity contribution < 1.29 is 9.18 Å². The fraction of sp³-hybridized carbons (Fsp3) is 0.222. The van der Waals surface area contributed by atoms with Crippen LogP contribution in [0.25, 0.3) is 5.70 Å². The maximum atomic E-state index is 13.4. The van der Waals surface area contributed by atoms with Crippen molar-refractivity contribution in [2.24, 2.45) is 4.99 Å². The van der Waals surface area contributed by atoms with Gasteiger partial charge in [0.15, 0.2) is 0 Å². The SMILES string of the molecule is O=C(CN1CN=C(c2ccc(F)cc2)C=C1c1ccccc1)N1CCN(c2ccccn2)CC1. The summed E-state index contributed by atoms with van der Waals surface area (Å²) in [6.45, 7) is 3.47. The molecule has 6 nitrogen and oxygen atoms in total. The standard InChI is InChI=1S/C27H26FN5O/c28-23-11-9-21(10-12-23)24-18-25(22-6-2-1-3-7-22)33(20-30-24)19-27(34)32-16-14-31(15-17-32)26-8-4-5-13-29-26/h1-13,18H,14-17,19-20H2. The van der Waals surface area contributed by atoms with Gasteiger partial charge in [-0.1, -0.05) is 36.4 Å².